The number of hydrogen-bond donors (Lipinski definition) is 1. The van der Waals surface area contributed by atoms with E-state index in [1.165, 1.54) is 19.3 Å². The highest BCUT2D eigenvalue weighted by Gasteiger charge is 2.29. The summed E-state index contributed by atoms with van der Waals surface area (Å²) in [5.74, 6) is 0.762. The Bertz CT molecular complexity index is 356. The van der Waals surface area contributed by atoms with Crippen molar-refractivity contribution in [2.75, 3.05) is 25.9 Å². The SMILES string of the molecule is CN(C1CCCNCC1)S(=O)(=O)CC1CCCCC1. The molecule has 4 nitrogen and oxygen atoms in total. The average Bonchev–Trinajstić information content (AvgIpc) is 2.67. The summed E-state index contributed by atoms with van der Waals surface area (Å²) < 4.78 is 26.7. The highest BCUT2D eigenvalue weighted by Crippen LogP contribution is 2.26. The van der Waals surface area contributed by atoms with Crippen molar-refractivity contribution in [3.8, 4) is 0 Å². The topological polar surface area (TPSA) is 49.4 Å². The molecule has 1 N–H and O–H groups in total. The van der Waals surface area contributed by atoms with Gasteiger partial charge in [-0.1, -0.05) is 19.3 Å². The predicted octanol–water partition coefficient (Wildman–Crippen LogP) is 1.97. The Morgan fingerprint density at radius 1 is 1.00 bits per heavy atom. The van der Waals surface area contributed by atoms with Gasteiger partial charge in [0.1, 0.15) is 0 Å². The molecular formula is C14H28N2O2S. The van der Waals surface area contributed by atoms with Crippen LogP contribution in [0.15, 0.2) is 0 Å². The molecule has 19 heavy (non-hydrogen) atoms. The van der Waals surface area contributed by atoms with Gasteiger partial charge in [-0.2, -0.15) is 0 Å². The van der Waals surface area contributed by atoms with Gasteiger partial charge < -0.3 is 5.32 Å². The van der Waals surface area contributed by atoms with E-state index >= 15 is 0 Å². The maximum Gasteiger partial charge on any atom is 0.214 e. The van der Waals surface area contributed by atoms with E-state index in [0.29, 0.717) is 11.7 Å². The van der Waals surface area contributed by atoms with Crippen LogP contribution in [-0.4, -0.2) is 44.7 Å². The molecule has 1 heterocycles. The molecule has 1 atom stereocenters. The van der Waals surface area contributed by atoms with Crippen molar-refractivity contribution in [3.63, 3.8) is 0 Å². The number of nitrogens with zero attached hydrogens (tertiary/aromatic N) is 1. The van der Waals surface area contributed by atoms with E-state index < -0.39 is 10.0 Å². The summed E-state index contributed by atoms with van der Waals surface area (Å²) in [6.45, 7) is 1.96. The van der Waals surface area contributed by atoms with Crippen molar-refractivity contribution in [2.45, 2.75) is 57.4 Å². The Morgan fingerprint density at radius 2 is 1.74 bits per heavy atom. The zero-order valence-corrected chi connectivity index (χ0v) is 12.9. The van der Waals surface area contributed by atoms with E-state index in [-0.39, 0.29) is 6.04 Å². The van der Waals surface area contributed by atoms with Crippen LogP contribution in [0.1, 0.15) is 51.4 Å². The van der Waals surface area contributed by atoms with Gasteiger partial charge in [0.25, 0.3) is 0 Å². The second-order valence-corrected chi connectivity index (χ2v) is 8.21. The molecular weight excluding hydrogens is 260 g/mol. The molecule has 1 saturated heterocycles. The van der Waals surface area contributed by atoms with Gasteiger partial charge in [0.05, 0.1) is 5.75 Å². The summed E-state index contributed by atoms with van der Waals surface area (Å²) in [7, 11) is -1.28. The molecule has 2 fully saturated rings. The van der Waals surface area contributed by atoms with Gasteiger partial charge in [-0.15, -0.1) is 0 Å². The standard InChI is InChI=1S/C14H28N2O2S/c1-16(14-8-5-10-15-11-9-14)19(17,18)12-13-6-3-2-4-7-13/h13-15H,2-12H2,1H3. The third-order valence-electron chi connectivity index (χ3n) is 4.67. The van der Waals surface area contributed by atoms with Gasteiger partial charge in [-0.25, -0.2) is 12.7 Å². The number of sulfonamides is 1. The minimum atomic E-state index is -3.07. The third-order valence-corrected chi connectivity index (χ3v) is 6.74. The van der Waals surface area contributed by atoms with Crippen molar-refractivity contribution in [3.05, 3.63) is 0 Å². The van der Waals surface area contributed by atoms with Crippen LogP contribution >= 0.6 is 0 Å². The number of hydrogen-bond acceptors (Lipinski definition) is 3. The molecule has 2 aliphatic rings. The van der Waals surface area contributed by atoms with Crippen LogP contribution in [0.2, 0.25) is 0 Å². The van der Waals surface area contributed by atoms with Gasteiger partial charge >= 0.3 is 0 Å². The van der Waals surface area contributed by atoms with E-state index in [1.807, 2.05) is 0 Å². The Balaban J connectivity index is 1.92. The molecule has 0 radical (unpaired) electrons. The van der Waals surface area contributed by atoms with Crippen LogP contribution in [0.25, 0.3) is 0 Å². The first kappa shape index (κ1) is 15.3. The molecule has 5 heteroatoms. The van der Waals surface area contributed by atoms with Gasteiger partial charge in [-0.3, -0.25) is 0 Å². The molecule has 1 aliphatic carbocycles. The summed E-state index contributed by atoms with van der Waals surface area (Å²) in [5.41, 5.74) is 0. The Labute approximate surface area is 118 Å². The molecule has 0 amide bonds. The van der Waals surface area contributed by atoms with E-state index in [9.17, 15) is 8.42 Å². The molecule has 0 bridgehead atoms. The van der Waals surface area contributed by atoms with E-state index in [4.69, 9.17) is 0 Å². The Kier molecular flexibility index (Phi) is 5.66. The van der Waals surface area contributed by atoms with Crippen molar-refractivity contribution in [1.82, 2.24) is 9.62 Å². The fourth-order valence-electron chi connectivity index (χ4n) is 3.36. The summed E-state index contributed by atoms with van der Waals surface area (Å²) in [6.07, 6.45) is 8.90. The van der Waals surface area contributed by atoms with Crippen molar-refractivity contribution >= 4 is 10.0 Å². The molecule has 0 aromatic rings. The first-order chi connectivity index (χ1) is 9.09. The Hall–Kier alpha value is -0.130. The van der Waals surface area contributed by atoms with Gasteiger partial charge in [0.15, 0.2) is 0 Å². The van der Waals surface area contributed by atoms with Crippen LogP contribution < -0.4 is 5.32 Å². The maximum atomic E-state index is 12.5. The number of nitrogens with one attached hydrogen (secondary N) is 1. The normalized spacial score (nSPS) is 27.4. The fourth-order valence-corrected chi connectivity index (χ4v) is 5.19. The predicted molar refractivity (Wildman–Crippen MR) is 78.6 cm³/mol. The second-order valence-electron chi connectivity index (χ2n) is 6.13. The van der Waals surface area contributed by atoms with Crippen molar-refractivity contribution in [1.29, 1.82) is 0 Å². The molecule has 0 aromatic carbocycles. The minimum absolute atomic E-state index is 0.198. The lowest BCUT2D eigenvalue weighted by Gasteiger charge is -2.29. The van der Waals surface area contributed by atoms with Gasteiger partial charge in [0, 0.05) is 13.1 Å². The molecule has 1 saturated carbocycles. The Morgan fingerprint density at radius 3 is 2.47 bits per heavy atom. The van der Waals surface area contributed by atoms with Crippen molar-refractivity contribution in [2.24, 2.45) is 5.92 Å². The van der Waals surface area contributed by atoms with Crippen LogP contribution in [0.3, 0.4) is 0 Å². The smallest absolute Gasteiger partial charge is 0.214 e. The first-order valence-corrected chi connectivity index (χ1v) is 9.37. The van der Waals surface area contributed by atoms with E-state index in [1.54, 1.807) is 11.4 Å². The summed E-state index contributed by atoms with van der Waals surface area (Å²) >= 11 is 0. The first-order valence-electron chi connectivity index (χ1n) is 7.76. The quantitative estimate of drug-likeness (QED) is 0.860. The van der Waals surface area contributed by atoms with Crippen LogP contribution in [-0.2, 0) is 10.0 Å². The average molecular weight is 288 g/mol. The third kappa shape index (κ3) is 4.43. The molecule has 2 rings (SSSR count). The number of rotatable bonds is 4. The summed E-state index contributed by atoms with van der Waals surface area (Å²) in [5, 5.41) is 3.34. The molecule has 1 aliphatic heterocycles. The second kappa shape index (κ2) is 7.04. The molecule has 0 aromatic heterocycles. The maximum absolute atomic E-state index is 12.5. The zero-order valence-electron chi connectivity index (χ0n) is 12.1. The van der Waals surface area contributed by atoms with Crippen LogP contribution in [0, 0.1) is 5.92 Å². The highest BCUT2D eigenvalue weighted by atomic mass is 32.2. The highest BCUT2D eigenvalue weighted by molar-refractivity contribution is 7.89. The van der Waals surface area contributed by atoms with Gasteiger partial charge in [-0.05, 0) is 51.1 Å². The minimum Gasteiger partial charge on any atom is -0.317 e. The lowest BCUT2D eigenvalue weighted by Crippen LogP contribution is -2.40. The summed E-state index contributed by atoms with van der Waals surface area (Å²) in [6, 6.07) is 0.198. The lowest BCUT2D eigenvalue weighted by molar-refractivity contribution is 0.329. The van der Waals surface area contributed by atoms with Crippen LogP contribution in [0.4, 0.5) is 0 Å². The largest absolute Gasteiger partial charge is 0.317 e. The molecule has 1 unspecified atom stereocenters. The van der Waals surface area contributed by atoms with E-state index in [0.717, 1.165) is 45.2 Å². The summed E-state index contributed by atoms with van der Waals surface area (Å²) in [4.78, 5) is 0. The lowest BCUT2D eigenvalue weighted by atomic mass is 9.91. The monoisotopic (exact) mass is 288 g/mol. The van der Waals surface area contributed by atoms with Gasteiger partial charge in [0.2, 0.25) is 10.0 Å². The fraction of sp³-hybridized carbons (Fsp3) is 1.00. The molecule has 0 spiro atoms. The van der Waals surface area contributed by atoms with Crippen molar-refractivity contribution < 1.29 is 8.42 Å². The molecule has 112 valence electrons. The van der Waals surface area contributed by atoms with Crippen LogP contribution in [0.5, 0.6) is 0 Å². The van der Waals surface area contributed by atoms with E-state index in [2.05, 4.69) is 5.32 Å². The zero-order chi connectivity index (χ0) is 13.7.